The van der Waals surface area contributed by atoms with Gasteiger partial charge in [-0.1, -0.05) is 30.3 Å². The molecule has 1 fully saturated rings. The Balaban J connectivity index is 1.37. The lowest BCUT2D eigenvalue weighted by molar-refractivity contribution is 0.0783. The predicted octanol–water partition coefficient (Wildman–Crippen LogP) is 3.69. The van der Waals surface area contributed by atoms with Crippen LogP contribution in [0.25, 0.3) is 10.8 Å². The Morgan fingerprint density at radius 3 is 2.68 bits per heavy atom. The summed E-state index contributed by atoms with van der Waals surface area (Å²) in [7, 11) is 1.82. The van der Waals surface area contributed by atoms with Gasteiger partial charge in [0.05, 0.1) is 6.61 Å². The molecule has 1 aliphatic rings. The highest BCUT2D eigenvalue weighted by Crippen LogP contribution is 2.32. The van der Waals surface area contributed by atoms with Crippen molar-refractivity contribution in [1.29, 1.82) is 0 Å². The number of fused-ring (bicyclic) bond motifs is 1. The number of rotatable bonds is 8. The van der Waals surface area contributed by atoms with Gasteiger partial charge in [0.15, 0.2) is 5.96 Å². The number of ether oxygens (including phenoxy) is 2. The lowest BCUT2D eigenvalue weighted by Crippen LogP contribution is -2.48. The highest BCUT2D eigenvalue weighted by atomic mass is 32.2. The fraction of sp³-hybridized carbons (Fsp3) is 0.500. The number of aliphatic imine (C=N–C) groups is 1. The molecule has 5 nitrogen and oxygen atoms in total. The van der Waals surface area contributed by atoms with E-state index in [-0.39, 0.29) is 4.75 Å². The summed E-state index contributed by atoms with van der Waals surface area (Å²) in [6, 6.07) is 14.6. The molecule has 152 valence electrons. The van der Waals surface area contributed by atoms with Gasteiger partial charge in [-0.3, -0.25) is 4.99 Å². The summed E-state index contributed by atoms with van der Waals surface area (Å²) < 4.78 is 11.7. The maximum absolute atomic E-state index is 5.90. The van der Waals surface area contributed by atoms with Crippen LogP contribution in [0, 0.1) is 0 Å². The van der Waals surface area contributed by atoms with E-state index < -0.39 is 0 Å². The van der Waals surface area contributed by atoms with E-state index in [0.717, 1.165) is 57.3 Å². The van der Waals surface area contributed by atoms with Crippen LogP contribution in [0.3, 0.4) is 0 Å². The Morgan fingerprint density at radius 2 is 1.93 bits per heavy atom. The number of hydrogen-bond acceptors (Lipinski definition) is 4. The molecule has 0 radical (unpaired) electrons. The number of nitrogens with zero attached hydrogens (tertiary/aromatic N) is 1. The van der Waals surface area contributed by atoms with Crippen LogP contribution in [-0.4, -0.2) is 56.9 Å². The Morgan fingerprint density at radius 1 is 1.14 bits per heavy atom. The minimum absolute atomic E-state index is 0.245. The van der Waals surface area contributed by atoms with Gasteiger partial charge in [-0.15, -0.1) is 0 Å². The van der Waals surface area contributed by atoms with Crippen molar-refractivity contribution in [2.45, 2.75) is 24.0 Å². The van der Waals surface area contributed by atoms with Crippen molar-refractivity contribution in [2.24, 2.45) is 4.99 Å². The number of hydrogen-bond donors (Lipinski definition) is 2. The summed E-state index contributed by atoms with van der Waals surface area (Å²) in [5.74, 6) is 1.77. The second kappa shape index (κ2) is 10.6. The molecule has 0 aliphatic carbocycles. The molecule has 1 saturated heterocycles. The van der Waals surface area contributed by atoms with Crippen LogP contribution in [0.15, 0.2) is 47.5 Å². The fourth-order valence-corrected chi connectivity index (χ4v) is 4.18. The molecule has 0 aromatic heterocycles. The summed E-state index contributed by atoms with van der Waals surface area (Å²) in [6.07, 6.45) is 5.26. The largest absolute Gasteiger partial charge is 0.494 e. The maximum atomic E-state index is 5.90. The van der Waals surface area contributed by atoms with E-state index in [9.17, 15) is 0 Å². The monoisotopic (exact) mass is 401 g/mol. The molecule has 0 amide bonds. The molecule has 28 heavy (non-hydrogen) atoms. The molecule has 2 N–H and O–H groups in total. The number of thioether (sulfide) groups is 1. The van der Waals surface area contributed by atoms with Crippen LogP contribution in [0.1, 0.15) is 19.3 Å². The summed E-state index contributed by atoms with van der Waals surface area (Å²) in [6.45, 7) is 4.10. The molecule has 6 heteroatoms. The maximum Gasteiger partial charge on any atom is 0.191 e. The zero-order chi connectivity index (χ0) is 19.7. The summed E-state index contributed by atoms with van der Waals surface area (Å²) in [5.41, 5.74) is 0. The molecule has 0 atom stereocenters. The third-order valence-electron chi connectivity index (χ3n) is 5.24. The van der Waals surface area contributed by atoms with Crippen molar-refractivity contribution in [3.63, 3.8) is 0 Å². The third-order valence-corrected chi connectivity index (χ3v) is 6.66. The highest BCUT2D eigenvalue weighted by Gasteiger charge is 2.31. The van der Waals surface area contributed by atoms with Crippen LogP contribution >= 0.6 is 11.8 Å². The van der Waals surface area contributed by atoms with E-state index in [1.165, 1.54) is 10.8 Å². The SMILES string of the molecule is CN=C(NCCCOc1ccc2ccccc2c1)NCC1(SC)CCOCC1. The van der Waals surface area contributed by atoms with Gasteiger partial charge in [0, 0.05) is 38.1 Å². The van der Waals surface area contributed by atoms with E-state index in [0.29, 0.717) is 6.61 Å². The number of nitrogens with one attached hydrogen (secondary N) is 2. The minimum atomic E-state index is 0.245. The van der Waals surface area contributed by atoms with E-state index in [1.54, 1.807) is 0 Å². The predicted molar refractivity (Wildman–Crippen MR) is 120 cm³/mol. The van der Waals surface area contributed by atoms with Gasteiger partial charge in [-0.25, -0.2) is 0 Å². The van der Waals surface area contributed by atoms with Gasteiger partial charge in [-0.2, -0.15) is 11.8 Å². The van der Waals surface area contributed by atoms with Gasteiger partial charge >= 0.3 is 0 Å². The van der Waals surface area contributed by atoms with Crippen LogP contribution in [0.2, 0.25) is 0 Å². The molecule has 0 saturated carbocycles. The van der Waals surface area contributed by atoms with Crippen LogP contribution < -0.4 is 15.4 Å². The van der Waals surface area contributed by atoms with Gasteiger partial charge in [0.1, 0.15) is 5.75 Å². The Bertz CT molecular complexity index is 775. The average molecular weight is 402 g/mol. The van der Waals surface area contributed by atoms with Crippen molar-refractivity contribution in [3.8, 4) is 5.75 Å². The number of benzene rings is 2. The Hall–Kier alpha value is -1.92. The molecule has 2 aromatic carbocycles. The smallest absolute Gasteiger partial charge is 0.191 e. The van der Waals surface area contributed by atoms with E-state index in [4.69, 9.17) is 9.47 Å². The Kier molecular flexibility index (Phi) is 7.86. The molecule has 0 spiro atoms. The summed E-state index contributed by atoms with van der Waals surface area (Å²) >= 11 is 1.93. The topological polar surface area (TPSA) is 54.9 Å². The van der Waals surface area contributed by atoms with Crippen LogP contribution in [0.5, 0.6) is 5.75 Å². The zero-order valence-corrected chi connectivity index (χ0v) is 17.7. The minimum Gasteiger partial charge on any atom is -0.494 e. The molecule has 1 aliphatic heterocycles. The second-order valence-electron chi connectivity index (χ2n) is 7.06. The van der Waals surface area contributed by atoms with Gasteiger partial charge in [0.25, 0.3) is 0 Å². The van der Waals surface area contributed by atoms with Crippen molar-refractivity contribution >= 4 is 28.5 Å². The first kappa shape index (κ1) is 20.8. The first-order valence-corrected chi connectivity index (χ1v) is 11.2. The van der Waals surface area contributed by atoms with Crippen molar-refractivity contribution in [2.75, 3.05) is 46.2 Å². The zero-order valence-electron chi connectivity index (χ0n) is 16.9. The Labute approximate surface area is 172 Å². The molecular formula is C22H31N3O2S. The van der Waals surface area contributed by atoms with Crippen molar-refractivity contribution < 1.29 is 9.47 Å². The standard InChI is InChI=1S/C22H31N3O2S/c1-23-21(25-17-22(28-2)10-14-26-15-11-22)24-12-5-13-27-20-9-8-18-6-3-4-7-19(18)16-20/h3-4,6-9,16H,5,10-15,17H2,1-2H3,(H2,23,24,25). The average Bonchev–Trinajstić information content (AvgIpc) is 2.76. The van der Waals surface area contributed by atoms with E-state index >= 15 is 0 Å². The van der Waals surface area contributed by atoms with Gasteiger partial charge in [-0.05, 0) is 48.4 Å². The molecule has 2 aromatic rings. The van der Waals surface area contributed by atoms with Crippen LogP contribution in [0.4, 0.5) is 0 Å². The van der Waals surface area contributed by atoms with E-state index in [2.05, 4.69) is 58.3 Å². The quantitative estimate of drug-likeness (QED) is 0.401. The first-order chi connectivity index (χ1) is 13.7. The highest BCUT2D eigenvalue weighted by molar-refractivity contribution is 8.00. The van der Waals surface area contributed by atoms with Crippen molar-refractivity contribution in [1.82, 2.24) is 10.6 Å². The second-order valence-corrected chi connectivity index (χ2v) is 8.34. The lowest BCUT2D eigenvalue weighted by Gasteiger charge is -2.36. The molecule has 3 rings (SSSR count). The molecule has 1 heterocycles. The molecule has 0 unspecified atom stereocenters. The first-order valence-electron chi connectivity index (χ1n) is 9.94. The normalized spacial score (nSPS) is 16.7. The van der Waals surface area contributed by atoms with Gasteiger partial charge < -0.3 is 20.1 Å². The van der Waals surface area contributed by atoms with Crippen molar-refractivity contribution in [3.05, 3.63) is 42.5 Å². The number of guanidine groups is 1. The summed E-state index contributed by atoms with van der Waals surface area (Å²) in [5, 5.41) is 9.31. The fourth-order valence-electron chi connectivity index (χ4n) is 3.39. The molecule has 0 bridgehead atoms. The third kappa shape index (κ3) is 5.79. The molecular weight excluding hydrogens is 370 g/mol. The van der Waals surface area contributed by atoms with E-state index in [1.807, 2.05) is 24.9 Å². The van der Waals surface area contributed by atoms with Crippen LogP contribution in [-0.2, 0) is 4.74 Å². The lowest BCUT2D eigenvalue weighted by atomic mass is 9.99. The summed E-state index contributed by atoms with van der Waals surface area (Å²) in [4.78, 5) is 4.34. The van der Waals surface area contributed by atoms with Gasteiger partial charge in [0.2, 0.25) is 0 Å².